The molecule has 0 atom stereocenters. The lowest BCUT2D eigenvalue weighted by Gasteiger charge is -2.15. The molecule has 1 aliphatic heterocycles. The van der Waals surface area contributed by atoms with E-state index in [1.54, 1.807) is 24.4 Å². The van der Waals surface area contributed by atoms with Gasteiger partial charge in [0.25, 0.3) is 11.8 Å². The van der Waals surface area contributed by atoms with Gasteiger partial charge in [-0.05, 0) is 36.5 Å². The number of rotatable bonds is 3. The molecule has 1 N–H and O–H groups in total. The maximum Gasteiger partial charge on any atom is 0.285 e. The monoisotopic (exact) mass is 392 g/mol. The number of hydrazine groups is 1. The molecule has 27 heavy (non-hydrogen) atoms. The number of benzene rings is 1. The molecule has 0 spiro atoms. The van der Waals surface area contributed by atoms with E-state index in [9.17, 15) is 9.59 Å². The first-order valence-electron chi connectivity index (χ1n) is 7.96. The van der Waals surface area contributed by atoms with E-state index < -0.39 is 5.91 Å². The highest BCUT2D eigenvalue weighted by atomic mass is 32.2. The second-order valence-electron chi connectivity index (χ2n) is 5.62. The molecule has 1 saturated heterocycles. The Kier molecular flexibility index (Phi) is 4.66. The second-order valence-corrected chi connectivity index (χ2v) is 7.29. The van der Waals surface area contributed by atoms with E-state index in [4.69, 9.17) is 12.2 Å². The van der Waals surface area contributed by atoms with Crippen molar-refractivity contribution < 1.29 is 9.59 Å². The predicted octanol–water partition coefficient (Wildman–Crippen LogP) is 3.18. The van der Waals surface area contributed by atoms with Crippen LogP contribution in [0.2, 0.25) is 0 Å². The Balaban J connectivity index is 1.61. The molecular formula is C19H12N4O2S2. The number of nitrogens with one attached hydrogen (secondary N) is 1. The summed E-state index contributed by atoms with van der Waals surface area (Å²) in [5.74, 6) is -0.804. The minimum absolute atomic E-state index is 0.266. The molecule has 0 aliphatic carbocycles. The van der Waals surface area contributed by atoms with Gasteiger partial charge in [-0.1, -0.05) is 36.0 Å². The molecule has 0 bridgehead atoms. The van der Waals surface area contributed by atoms with Gasteiger partial charge >= 0.3 is 0 Å². The van der Waals surface area contributed by atoms with Crippen LogP contribution in [-0.2, 0) is 4.79 Å². The van der Waals surface area contributed by atoms with Crippen LogP contribution in [0.3, 0.4) is 0 Å². The molecule has 0 unspecified atom stereocenters. The van der Waals surface area contributed by atoms with E-state index >= 15 is 0 Å². The summed E-state index contributed by atoms with van der Waals surface area (Å²) in [6.45, 7) is 0. The topological polar surface area (TPSA) is 75.2 Å². The zero-order valence-corrected chi connectivity index (χ0v) is 15.5. The quantitative estimate of drug-likeness (QED) is 0.545. The molecule has 1 aliphatic rings. The number of amides is 2. The van der Waals surface area contributed by atoms with Gasteiger partial charge < -0.3 is 0 Å². The lowest BCUT2D eigenvalue weighted by Crippen LogP contribution is -2.44. The van der Waals surface area contributed by atoms with Crippen molar-refractivity contribution in [1.29, 1.82) is 0 Å². The zero-order valence-electron chi connectivity index (χ0n) is 13.8. The number of para-hydroxylation sites is 1. The summed E-state index contributed by atoms with van der Waals surface area (Å²) in [5.41, 5.74) is 4.55. The van der Waals surface area contributed by atoms with Gasteiger partial charge in [-0.15, -0.1) is 0 Å². The first-order chi connectivity index (χ1) is 13.1. The van der Waals surface area contributed by atoms with Crippen molar-refractivity contribution in [2.45, 2.75) is 0 Å². The summed E-state index contributed by atoms with van der Waals surface area (Å²) in [7, 11) is 0. The number of pyridine rings is 2. The highest BCUT2D eigenvalue weighted by molar-refractivity contribution is 8.26. The summed E-state index contributed by atoms with van der Waals surface area (Å²) >= 11 is 6.40. The van der Waals surface area contributed by atoms with Crippen LogP contribution in [0.5, 0.6) is 0 Å². The average molecular weight is 392 g/mol. The van der Waals surface area contributed by atoms with Crippen LogP contribution in [0.25, 0.3) is 17.0 Å². The van der Waals surface area contributed by atoms with Crippen molar-refractivity contribution in [3.8, 4) is 0 Å². The largest absolute Gasteiger partial charge is 0.285 e. The van der Waals surface area contributed by atoms with E-state index in [0.29, 0.717) is 10.5 Å². The smallest absolute Gasteiger partial charge is 0.267 e. The van der Waals surface area contributed by atoms with Crippen molar-refractivity contribution in [2.24, 2.45) is 0 Å². The third-order valence-corrected chi connectivity index (χ3v) is 5.20. The van der Waals surface area contributed by atoms with Crippen molar-refractivity contribution in [3.05, 3.63) is 77.1 Å². The minimum Gasteiger partial charge on any atom is -0.267 e. The van der Waals surface area contributed by atoms with Gasteiger partial charge in [0.15, 0.2) is 4.32 Å². The standard InChI is InChI=1S/C19H12N4O2S2/c24-17(13-6-9-20-10-7-13)22-23-18(25)15(27-19(23)26)11-14-4-1-3-12-5-2-8-21-16(12)14/h1-11H,(H,22,24). The molecular weight excluding hydrogens is 380 g/mol. The van der Waals surface area contributed by atoms with Crippen LogP contribution in [0.1, 0.15) is 15.9 Å². The summed E-state index contributed by atoms with van der Waals surface area (Å²) < 4.78 is 0.266. The van der Waals surface area contributed by atoms with Crippen molar-refractivity contribution in [1.82, 2.24) is 20.4 Å². The van der Waals surface area contributed by atoms with Gasteiger partial charge in [0.05, 0.1) is 10.4 Å². The second kappa shape index (κ2) is 7.26. The molecule has 2 amide bonds. The number of nitrogens with zero attached hydrogens (tertiary/aromatic N) is 3. The van der Waals surface area contributed by atoms with Crippen LogP contribution in [0, 0.1) is 0 Å². The number of hydrogen-bond donors (Lipinski definition) is 1. The first kappa shape index (κ1) is 17.3. The predicted molar refractivity (Wildman–Crippen MR) is 108 cm³/mol. The van der Waals surface area contributed by atoms with Crippen molar-refractivity contribution in [2.75, 3.05) is 0 Å². The summed E-state index contributed by atoms with van der Waals surface area (Å²) in [4.78, 5) is 33.7. The number of thioether (sulfide) groups is 1. The third kappa shape index (κ3) is 3.44. The van der Waals surface area contributed by atoms with Crippen molar-refractivity contribution in [3.63, 3.8) is 0 Å². The number of carbonyl (C=O) groups is 2. The van der Waals surface area contributed by atoms with Crippen LogP contribution in [0.4, 0.5) is 0 Å². The van der Waals surface area contributed by atoms with Gasteiger partial charge in [0, 0.05) is 35.1 Å². The molecule has 1 fully saturated rings. The number of carbonyl (C=O) groups excluding carboxylic acids is 2. The Labute approximate surface area is 164 Å². The molecule has 2 aromatic heterocycles. The summed E-state index contributed by atoms with van der Waals surface area (Å²) in [6.07, 6.45) is 6.46. The van der Waals surface area contributed by atoms with Crippen LogP contribution >= 0.6 is 24.0 Å². The average Bonchev–Trinajstić information content (AvgIpc) is 2.96. The highest BCUT2D eigenvalue weighted by Gasteiger charge is 2.33. The first-order valence-corrected chi connectivity index (χ1v) is 9.19. The zero-order chi connectivity index (χ0) is 18.8. The molecule has 132 valence electrons. The van der Waals surface area contributed by atoms with E-state index in [1.165, 1.54) is 12.4 Å². The summed E-state index contributed by atoms with van der Waals surface area (Å²) in [6, 6.07) is 12.7. The van der Waals surface area contributed by atoms with Crippen LogP contribution < -0.4 is 5.43 Å². The van der Waals surface area contributed by atoms with Gasteiger partial charge in [-0.2, -0.15) is 5.01 Å². The third-order valence-electron chi connectivity index (χ3n) is 3.90. The SMILES string of the molecule is O=C(NN1C(=O)C(=Cc2cccc3cccnc23)SC1=S)c1ccncc1. The number of thiocarbonyl (C=S) groups is 1. The fraction of sp³-hybridized carbons (Fsp3) is 0. The van der Waals surface area contributed by atoms with Gasteiger partial charge in [-0.3, -0.25) is 25.0 Å². The van der Waals surface area contributed by atoms with Gasteiger partial charge in [-0.25, -0.2) is 0 Å². The number of aromatic nitrogens is 2. The fourth-order valence-electron chi connectivity index (χ4n) is 2.62. The molecule has 4 rings (SSSR count). The normalized spacial score (nSPS) is 15.6. The highest BCUT2D eigenvalue weighted by Crippen LogP contribution is 2.32. The number of fused-ring (bicyclic) bond motifs is 1. The van der Waals surface area contributed by atoms with Crippen LogP contribution in [-0.4, -0.2) is 31.1 Å². The molecule has 6 nitrogen and oxygen atoms in total. The molecule has 8 heteroatoms. The molecule has 1 aromatic carbocycles. The minimum atomic E-state index is -0.429. The lowest BCUT2D eigenvalue weighted by atomic mass is 10.1. The lowest BCUT2D eigenvalue weighted by molar-refractivity contribution is -0.123. The van der Waals surface area contributed by atoms with E-state index in [2.05, 4.69) is 15.4 Å². The Morgan fingerprint density at radius 3 is 2.70 bits per heavy atom. The van der Waals surface area contributed by atoms with Gasteiger partial charge in [0.2, 0.25) is 0 Å². The Hall–Kier alpha value is -3.10. The Morgan fingerprint density at radius 1 is 1.11 bits per heavy atom. The molecule has 0 radical (unpaired) electrons. The Bertz CT molecular complexity index is 1090. The van der Waals surface area contributed by atoms with E-state index in [0.717, 1.165) is 33.2 Å². The maximum absolute atomic E-state index is 12.7. The molecule has 0 saturated carbocycles. The number of hydrogen-bond acceptors (Lipinski definition) is 6. The summed E-state index contributed by atoms with van der Waals surface area (Å²) in [5, 5.41) is 2.07. The van der Waals surface area contributed by atoms with E-state index in [1.807, 2.05) is 30.3 Å². The van der Waals surface area contributed by atoms with Crippen LogP contribution in [0.15, 0.2) is 66.0 Å². The Morgan fingerprint density at radius 2 is 1.89 bits per heavy atom. The van der Waals surface area contributed by atoms with Gasteiger partial charge in [0.1, 0.15) is 0 Å². The maximum atomic E-state index is 12.7. The van der Waals surface area contributed by atoms with Crippen molar-refractivity contribution >= 4 is 57.1 Å². The van der Waals surface area contributed by atoms with E-state index in [-0.39, 0.29) is 10.2 Å². The fourth-order valence-corrected chi connectivity index (χ4v) is 3.79. The molecule has 3 aromatic rings. The molecule has 3 heterocycles.